The van der Waals surface area contributed by atoms with Crippen molar-refractivity contribution in [3.8, 4) is 0 Å². The number of hydrogen-bond acceptors (Lipinski definition) is 6. The summed E-state index contributed by atoms with van der Waals surface area (Å²) in [5.41, 5.74) is -0.0101. The van der Waals surface area contributed by atoms with Crippen molar-refractivity contribution in [1.29, 1.82) is 0 Å². The summed E-state index contributed by atoms with van der Waals surface area (Å²) in [5.74, 6) is -1.65. The molecule has 156 valence electrons. The topological polar surface area (TPSA) is 127 Å². The van der Waals surface area contributed by atoms with Crippen molar-refractivity contribution in [2.24, 2.45) is 7.05 Å². The predicted octanol–water partition coefficient (Wildman–Crippen LogP) is 0.589. The normalized spacial score (nSPS) is 16.0. The van der Waals surface area contributed by atoms with Crippen molar-refractivity contribution in [1.82, 2.24) is 19.5 Å². The van der Waals surface area contributed by atoms with Crippen molar-refractivity contribution in [3.05, 3.63) is 18.0 Å². The number of carbonyl (C=O) groups excluding carboxylic acids is 3. The first-order chi connectivity index (χ1) is 13.0. The van der Waals surface area contributed by atoms with Crippen molar-refractivity contribution >= 4 is 27.9 Å². The van der Waals surface area contributed by atoms with E-state index in [2.05, 4.69) is 10.6 Å². The molecule has 1 aliphatic rings. The molecule has 28 heavy (non-hydrogen) atoms. The number of carbonyl (C=O) groups is 3. The third kappa shape index (κ3) is 5.10. The maximum atomic E-state index is 12.6. The molecular weight excluding hydrogens is 388 g/mol. The van der Waals surface area contributed by atoms with Gasteiger partial charge in [0, 0.05) is 32.4 Å². The number of amides is 3. The van der Waals surface area contributed by atoms with Gasteiger partial charge in [0.2, 0.25) is 10.0 Å². The molecule has 0 radical (unpaired) electrons. The smallest absolute Gasteiger partial charge is 0.355 e. The molecule has 0 aliphatic carbocycles. The number of esters is 1. The number of rotatable bonds is 6. The minimum Gasteiger partial charge on any atom is -0.448 e. The van der Waals surface area contributed by atoms with E-state index in [9.17, 15) is 22.8 Å². The zero-order valence-corrected chi connectivity index (χ0v) is 17.2. The van der Waals surface area contributed by atoms with E-state index in [0.29, 0.717) is 13.1 Å². The molecule has 1 aromatic rings. The van der Waals surface area contributed by atoms with Crippen LogP contribution in [-0.2, 0) is 26.6 Å². The Morgan fingerprint density at radius 1 is 1.14 bits per heavy atom. The van der Waals surface area contributed by atoms with Gasteiger partial charge in [-0.25, -0.2) is 18.0 Å². The van der Waals surface area contributed by atoms with Crippen molar-refractivity contribution in [2.45, 2.75) is 50.7 Å². The van der Waals surface area contributed by atoms with E-state index in [1.165, 1.54) is 35.1 Å². The lowest BCUT2D eigenvalue weighted by molar-refractivity contribution is -0.127. The minimum atomic E-state index is -3.67. The summed E-state index contributed by atoms with van der Waals surface area (Å²) in [6.45, 7) is 5.69. The first-order valence-corrected chi connectivity index (χ1v) is 10.4. The highest BCUT2D eigenvalue weighted by atomic mass is 32.2. The summed E-state index contributed by atoms with van der Waals surface area (Å²) < 4.78 is 33.0. The highest BCUT2D eigenvalue weighted by Crippen LogP contribution is 2.23. The van der Waals surface area contributed by atoms with E-state index < -0.39 is 34.0 Å². The SMILES string of the molecule is CC(C)NC(=O)NC(=O)C(C)OC(=O)c1cc(S(=O)(=O)N2CCCC2)cn1C. The molecule has 2 heterocycles. The molecule has 3 amide bonds. The van der Waals surface area contributed by atoms with Gasteiger partial charge in [0.15, 0.2) is 6.10 Å². The van der Waals surface area contributed by atoms with E-state index in [0.717, 1.165) is 12.8 Å². The Labute approximate surface area is 164 Å². The van der Waals surface area contributed by atoms with Gasteiger partial charge in [0.25, 0.3) is 5.91 Å². The van der Waals surface area contributed by atoms with Crippen LogP contribution in [0.5, 0.6) is 0 Å². The Morgan fingerprint density at radius 2 is 1.75 bits per heavy atom. The fraction of sp³-hybridized carbons (Fsp3) is 0.588. The average Bonchev–Trinajstić information content (AvgIpc) is 3.23. The largest absolute Gasteiger partial charge is 0.448 e. The van der Waals surface area contributed by atoms with Gasteiger partial charge in [-0.15, -0.1) is 0 Å². The van der Waals surface area contributed by atoms with Crippen molar-refractivity contribution < 1.29 is 27.5 Å². The second kappa shape index (κ2) is 8.74. The summed E-state index contributed by atoms with van der Waals surface area (Å²) in [4.78, 5) is 35.9. The summed E-state index contributed by atoms with van der Waals surface area (Å²) in [7, 11) is -2.16. The number of aromatic nitrogens is 1. The molecule has 1 saturated heterocycles. The van der Waals surface area contributed by atoms with E-state index in [-0.39, 0.29) is 16.6 Å². The van der Waals surface area contributed by atoms with Crippen LogP contribution >= 0.6 is 0 Å². The fourth-order valence-electron chi connectivity index (χ4n) is 2.74. The van der Waals surface area contributed by atoms with Gasteiger partial charge in [-0.3, -0.25) is 10.1 Å². The molecule has 1 aliphatic heterocycles. The molecule has 0 bridgehead atoms. The number of imide groups is 1. The van der Waals surface area contributed by atoms with Crippen molar-refractivity contribution in [2.75, 3.05) is 13.1 Å². The molecule has 0 spiro atoms. The van der Waals surface area contributed by atoms with E-state index in [4.69, 9.17) is 4.74 Å². The van der Waals surface area contributed by atoms with Crippen LogP contribution in [0.3, 0.4) is 0 Å². The Hall–Kier alpha value is -2.40. The van der Waals surface area contributed by atoms with Gasteiger partial charge >= 0.3 is 12.0 Å². The number of nitrogens with zero attached hydrogens (tertiary/aromatic N) is 2. The summed E-state index contributed by atoms with van der Waals surface area (Å²) in [6, 6.07) is 0.372. The lowest BCUT2D eigenvalue weighted by atomic mass is 10.3. The van der Waals surface area contributed by atoms with Gasteiger partial charge in [0.1, 0.15) is 10.6 Å². The number of nitrogens with one attached hydrogen (secondary N) is 2. The average molecular weight is 414 g/mol. The summed E-state index contributed by atoms with van der Waals surface area (Å²) >= 11 is 0. The quantitative estimate of drug-likeness (QED) is 0.656. The molecule has 11 heteroatoms. The fourth-order valence-corrected chi connectivity index (χ4v) is 4.33. The molecule has 0 aromatic carbocycles. The lowest BCUT2D eigenvalue weighted by Crippen LogP contribution is -2.46. The highest BCUT2D eigenvalue weighted by molar-refractivity contribution is 7.89. The Morgan fingerprint density at radius 3 is 2.32 bits per heavy atom. The van der Waals surface area contributed by atoms with Crippen LogP contribution in [0.15, 0.2) is 17.2 Å². The molecular formula is C17H26N4O6S. The van der Waals surface area contributed by atoms with Crippen LogP contribution in [0.2, 0.25) is 0 Å². The second-order valence-electron chi connectivity index (χ2n) is 6.95. The molecule has 1 atom stereocenters. The summed E-state index contributed by atoms with van der Waals surface area (Å²) in [5, 5.41) is 4.56. The number of urea groups is 1. The number of aryl methyl sites for hydroxylation is 1. The molecule has 2 rings (SSSR count). The van der Waals surface area contributed by atoms with E-state index in [1.54, 1.807) is 13.8 Å². The van der Waals surface area contributed by atoms with Crippen LogP contribution in [-0.4, -0.2) is 60.4 Å². The number of hydrogen-bond donors (Lipinski definition) is 2. The molecule has 0 saturated carbocycles. The standard InChI is InChI=1S/C17H26N4O6S/c1-11(2)18-17(24)19-15(22)12(3)27-16(23)14-9-13(10-20(14)4)28(25,26)21-7-5-6-8-21/h9-12H,5-8H2,1-4H3,(H2,18,19,22,24). The maximum absolute atomic E-state index is 12.6. The number of ether oxygens (including phenoxy) is 1. The first kappa shape index (κ1) is 21.9. The monoisotopic (exact) mass is 414 g/mol. The molecule has 1 aromatic heterocycles. The first-order valence-electron chi connectivity index (χ1n) is 9.01. The molecule has 10 nitrogen and oxygen atoms in total. The van der Waals surface area contributed by atoms with E-state index in [1.807, 2.05) is 0 Å². The zero-order valence-electron chi connectivity index (χ0n) is 16.4. The molecule has 1 fully saturated rings. The second-order valence-corrected chi connectivity index (χ2v) is 8.89. The van der Waals surface area contributed by atoms with Gasteiger partial charge < -0.3 is 14.6 Å². The molecule has 1 unspecified atom stereocenters. The van der Waals surface area contributed by atoms with Crippen LogP contribution in [0.4, 0.5) is 4.79 Å². The Kier molecular flexibility index (Phi) is 6.83. The van der Waals surface area contributed by atoms with Gasteiger partial charge in [-0.05, 0) is 39.7 Å². The van der Waals surface area contributed by atoms with Gasteiger partial charge in [-0.1, -0.05) is 0 Å². The van der Waals surface area contributed by atoms with Crippen LogP contribution < -0.4 is 10.6 Å². The maximum Gasteiger partial charge on any atom is 0.355 e. The lowest BCUT2D eigenvalue weighted by Gasteiger charge is -2.14. The number of sulfonamides is 1. The third-order valence-electron chi connectivity index (χ3n) is 4.20. The van der Waals surface area contributed by atoms with Gasteiger partial charge in [-0.2, -0.15) is 4.31 Å². The highest BCUT2D eigenvalue weighted by Gasteiger charge is 2.30. The predicted molar refractivity (Wildman–Crippen MR) is 100 cm³/mol. The summed E-state index contributed by atoms with van der Waals surface area (Å²) in [6.07, 6.45) is 1.71. The van der Waals surface area contributed by atoms with Crippen LogP contribution in [0, 0.1) is 0 Å². The zero-order chi connectivity index (χ0) is 21.1. The van der Waals surface area contributed by atoms with Gasteiger partial charge in [0.05, 0.1) is 0 Å². The Bertz CT molecular complexity index is 855. The van der Waals surface area contributed by atoms with Crippen molar-refractivity contribution in [3.63, 3.8) is 0 Å². The third-order valence-corrected chi connectivity index (χ3v) is 6.07. The van der Waals surface area contributed by atoms with E-state index >= 15 is 0 Å². The van der Waals surface area contributed by atoms with Crippen LogP contribution in [0.1, 0.15) is 44.1 Å². The Balaban J connectivity index is 2.05. The minimum absolute atomic E-state index is 0.00253. The molecule has 2 N–H and O–H groups in total. The van der Waals surface area contributed by atoms with Crippen LogP contribution in [0.25, 0.3) is 0 Å².